The van der Waals surface area contributed by atoms with E-state index >= 15 is 0 Å². The van der Waals surface area contributed by atoms with E-state index in [4.69, 9.17) is 14.2 Å². The lowest BCUT2D eigenvalue weighted by molar-refractivity contribution is -0.310. The highest BCUT2D eigenvalue weighted by molar-refractivity contribution is 5.72. The summed E-state index contributed by atoms with van der Waals surface area (Å²) in [6.07, 6.45) is 11.9. The minimum absolute atomic E-state index is 0.157. The highest BCUT2D eigenvalue weighted by Crippen LogP contribution is 2.34. The first-order valence-electron chi connectivity index (χ1n) is 12.3. The Bertz CT molecular complexity index is 458. The summed E-state index contributed by atoms with van der Waals surface area (Å²) in [6, 6.07) is 0. The second-order valence-corrected chi connectivity index (χ2v) is 9.82. The van der Waals surface area contributed by atoms with Gasteiger partial charge in [-0.3, -0.25) is 4.79 Å². The SMILES string of the molecule is CCCCC(CCCC)C(CCCC)CC(C)C(=O)OC1(CO)COC(C)(C)OC1. The van der Waals surface area contributed by atoms with Gasteiger partial charge in [-0.15, -0.1) is 0 Å². The van der Waals surface area contributed by atoms with Crippen molar-refractivity contribution in [2.75, 3.05) is 19.8 Å². The van der Waals surface area contributed by atoms with Gasteiger partial charge in [-0.1, -0.05) is 85.5 Å². The molecule has 0 saturated carbocycles. The number of rotatable bonds is 15. The van der Waals surface area contributed by atoms with E-state index in [0.29, 0.717) is 11.8 Å². The number of ether oxygens (including phenoxy) is 3. The van der Waals surface area contributed by atoms with Crippen molar-refractivity contribution in [3.05, 3.63) is 0 Å². The second-order valence-electron chi connectivity index (χ2n) is 9.82. The van der Waals surface area contributed by atoms with E-state index in [2.05, 4.69) is 20.8 Å². The first kappa shape index (κ1) is 27.4. The molecule has 0 spiro atoms. The Morgan fingerprint density at radius 1 is 0.933 bits per heavy atom. The predicted molar refractivity (Wildman–Crippen MR) is 121 cm³/mol. The average molecular weight is 429 g/mol. The molecule has 5 nitrogen and oxygen atoms in total. The summed E-state index contributed by atoms with van der Waals surface area (Å²) in [5, 5.41) is 9.89. The molecule has 0 aromatic rings. The van der Waals surface area contributed by atoms with Gasteiger partial charge in [0.15, 0.2) is 11.4 Å². The van der Waals surface area contributed by atoms with Gasteiger partial charge in [-0.05, 0) is 32.1 Å². The second kappa shape index (κ2) is 13.7. The number of hydrogen-bond donors (Lipinski definition) is 1. The van der Waals surface area contributed by atoms with Crippen molar-refractivity contribution in [1.29, 1.82) is 0 Å². The van der Waals surface area contributed by atoms with Crippen LogP contribution < -0.4 is 0 Å². The van der Waals surface area contributed by atoms with E-state index in [1.54, 1.807) is 0 Å². The van der Waals surface area contributed by atoms with E-state index in [1.807, 2.05) is 20.8 Å². The summed E-state index contributed by atoms with van der Waals surface area (Å²) in [4.78, 5) is 13.0. The standard InChI is InChI=1S/C25H48O5/c1-7-10-13-21(14-11-8-2)22(15-12-9-3)16-20(4)23(27)30-25(17-26)18-28-24(5,6)29-19-25/h20-22,26H,7-19H2,1-6H3. The maximum Gasteiger partial charge on any atom is 0.309 e. The zero-order valence-corrected chi connectivity index (χ0v) is 20.5. The van der Waals surface area contributed by atoms with Crippen LogP contribution in [0, 0.1) is 17.8 Å². The Morgan fingerprint density at radius 2 is 1.40 bits per heavy atom. The van der Waals surface area contributed by atoms with Crippen LogP contribution in [0.3, 0.4) is 0 Å². The maximum atomic E-state index is 13.0. The molecular formula is C25H48O5. The van der Waals surface area contributed by atoms with Crippen LogP contribution in [0.5, 0.6) is 0 Å². The Morgan fingerprint density at radius 3 is 1.83 bits per heavy atom. The summed E-state index contributed by atoms with van der Waals surface area (Å²) in [5.74, 6) is 0.0699. The Labute approximate surface area is 185 Å². The Balaban J connectivity index is 2.77. The zero-order valence-electron chi connectivity index (χ0n) is 20.5. The molecule has 178 valence electrons. The first-order chi connectivity index (χ1) is 14.2. The van der Waals surface area contributed by atoms with Gasteiger partial charge < -0.3 is 19.3 Å². The molecule has 1 fully saturated rings. The van der Waals surface area contributed by atoms with Crippen LogP contribution in [0.2, 0.25) is 0 Å². The lowest BCUT2D eigenvalue weighted by Gasteiger charge is -2.42. The normalized spacial score (nSPS) is 20.1. The molecule has 1 aliphatic heterocycles. The van der Waals surface area contributed by atoms with Gasteiger partial charge in [0.1, 0.15) is 0 Å². The fraction of sp³-hybridized carbons (Fsp3) is 0.960. The van der Waals surface area contributed by atoms with Gasteiger partial charge in [0.25, 0.3) is 0 Å². The number of unbranched alkanes of at least 4 members (excludes halogenated alkanes) is 3. The molecule has 2 unspecified atom stereocenters. The van der Waals surface area contributed by atoms with Crippen LogP contribution in [0.4, 0.5) is 0 Å². The van der Waals surface area contributed by atoms with Crippen molar-refractivity contribution in [1.82, 2.24) is 0 Å². The quantitative estimate of drug-likeness (QED) is 0.330. The van der Waals surface area contributed by atoms with Gasteiger partial charge in [0.2, 0.25) is 0 Å². The number of aliphatic hydroxyl groups is 1. The third-order valence-electron chi connectivity index (χ3n) is 6.48. The molecule has 1 rings (SSSR count). The van der Waals surface area contributed by atoms with Gasteiger partial charge >= 0.3 is 5.97 Å². The molecular weight excluding hydrogens is 380 g/mol. The molecule has 2 atom stereocenters. The topological polar surface area (TPSA) is 65.0 Å². The van der Waals surface area contributed by atoms with E-state index in [-0.39, 0.29) is 31.7 Å². The molecule has 1 aliphatic rings. The molecule has 5 heteroatoms. The number of carbonyl (C=O) groups excluding carboxylic acids is 1. The van der Waals surface area contributed by atoms with Crippen LogP contribution in [-0.2, 0) is 19.0 Å². The van der Waals surface area contributed by atoms with Crippen LogP contribution in [0.1, 0.15) is 106 Å². The van der Waals surface area contributed by atoms with Crippen molar-refractivity contribution in [3.8, 4) is 0 Å². The predicted octanol–water partition coefficient (Wildman–Crippen LogP) is 5.87. The fourth-order valence-corrected chi connectivity index (χ4v) is 4.30. The minimum Gasteiger partial charge on any atom is -0.451 e. The summed E-state index contributed by atoms with van der Waals surface area (Å²) < 4.78 is 17.1. The van der Waals surface area contributed by atoms with Gasteiger partial charge in [-0.2, -0.15) is 0 Å². The minimum atomic E-state index is -1.09. The molecule has 0 aliphatic carbocycles. The van der Waals surface area contributed by atoms with Crippen LogP contribution in [0.25, 0.3) is 0 Å². The largest absolute Gasteiger partial charge is 0.451 e. The molecule has 1 heterocycles. The summed E-state index contributed by atoms with van der Waals surface area (Å²) in [6.45, 7) is 12.4. The maximum absolute atomic E-state index is 13.0. The van der Waals surface area contributed by atoms with Crippen molar-refractivity contribution in [2.24, 2.45) is 17.8 Å². The Hall–Kier alpha value is -0.650. The van der Waals surface area contributed by atoms with E-state index in [1.165, 1.54) is 57.8 Å². The van der Waals surface area contributed by atoms with Gasteiger partial charge in [0.05, 0.1) is 25.7 Å². The smallest absolute Gasteiger partial charge is 0.309 e. The van der Waals surface area contributed by atoms with Gasteiger partial charge in [-0.25, -0.2) is 0 Å². The van der Waals surface area contributed by atoms with E-state index in [9.17, 15) is 9.90 Å². The van der Waals surface area contributed by atoms with Crippen LogP contribution in [-0.4, -0.2) is 42.3 Å². The summed E-state index contributed by atoms with van der Waals surface area (Å²) in [7, 11) is 0. The first-order valence-corrected chi connectivity index (χ1v) is 12.3. The fourth-order valence-electron chi connectivity index (χ4n) is 4.30. The number of carbonyl (C=O) groups is 1. The van der Waals surface area contributed by atoms with Crippen molar-refractivity contribution >= 4 is 5.97 Å². The molecule has 0 aromatic carbocycles. The highest BCUT2D eigenvalue weighted by atomic mass is 16.7. The van der Waals surface area contributed by atoms with Gasteiger partial charge in [0, 0.05) is 0 Å². The van der Waals surface area contributed by atoms with E-state index < -0.39 is 11.4 Å². The summed E-state index contributed by atoms with van der Waals surface area (Å²) >= 11 is 0. The molecule has 1 N–H and O–H groups in total. The van der Waals surface area contributed by atoms with Crippen molar-refractivity contribution < 1.29 is 24.1 Å². The summed E-state index contributed by atoms with van der Waals surface area (Å²) in [5.41, 5.74) is -1.09. The van der Waals surface area contributed by atoms with Crippen LogP contribution in [0.15, 0.2) is 0 Å². The molecule has 1 saturated heterocycles. The number of aliphatic hydroxyl groups excluding tert-OH is 1. The van der Waals surface area contributed by atoms with Crippen molar-refractivity contribution in [3.63, 3.8) is 0 Å². The number of hydrogen-bond acceptors (Lipinski definition) is 5. The third-order valence-corrected chi connectivity index (χ3v) is 6.48. The molecule has 0 bridgehead atoms. The monoisotopic (exact) mass is 428 g/mol. The lowest BCUT2D eigenvalue weighted by Crippen LogP contribution is -2.56. The van der Waals surface area contributed by atoms with Crippen molar-refractivity contribution in [2.45, 2.75) is 117 Å². The Kier molecular flexibility index (Phi) is 12.5. The van der Waals surface area contributed by atoms with E-state index in [0.717, 1.165) is 6.42 Å². The molecule has 0 amide bonds. The zero-order chi connectivity index (χ0) is 22.6. The average Bonchev–Trinajstić information content (AvgIpc) is 2.73. The number of esters is 1. The molecule has 0 radical (unpaired) electrons. The lowest BCUT2D eigenvalue weighted by atomic mass is 9.77. The highest BCUT2D eigenvalue weighted by Gasteiger charge is 2.43. The molecule has 0 aromatic heterocycles. The third kappa shape index (κ3) is 9.23. The molecule has 30 heavy (non-hydrogen) atoms. The van der Waals surface area contributed by atoms with Crippen LogP contribution >= 0.6 is 0 Å².